The summed E-state index contributed by atoms with van der Waals surface area (Å²) in [5.74, 6) is 0.765. The zero-order valence-electron chi connectivity index (χ0n) is 9.18. The number of ketones is 1. The molecule has 2 N–H and O–H groups in total. The van der Waals surface area contributed by atoms with Crippen LogP contribution in [0.5, 0.6) is 0 Å². The molecule has 2 nitrogen and oxygen atoms in total. The maximum atomic E-state index is 11.4. The third-order valence-electron chi connectivity index (χ3n) is 2.54. The zero-order valence-corrected chi connectivity index (χ0v) is 9.18. The van der Waals surface area contributed by atoms with Crippen LogP contribution in [0.4, 0.5) is 0 Å². The summed E-state index contributed by atoms with van der Waals surface area (Å²) in [6, 6.07) is -0.282. The van der Waals surface area contributed by atoms with Gasteiger partial charge in [0, 0.05) is 6.42 Å². The highest BCUT2D eigenvalue weighted by atomic mass is 16.1. The minimum atomic E-state index is -0.282. The highest BCUT2D eigenvalue weighted by molar-refractivity contribution is 5.83. The van der Waals surface area contributed by atoms with Gasteiger partial charge in [0.1, 0.15) is 5.78 Å². The van der Waals surface area contributed by atoms with Crippen LogP contribution in [0.1, 0.15) is 52.9 Å². The van der Waals surface area contributed by atoms with Crippen LogP contribution in [0.25, 0.3) is 0 Å². The fourth-order valence-electron chi connectivity index (χ4n) is 1.41. The molecule has 13 heavy (non-hydrogen) atoms. The first-order chi connectivity index (χ1) is 6.11. The van der Waals surface area contributed by atoms with E-state index in [0.29, 0.717) is 12.3 Å². The van der Waals surface area contributed by atoms with Crippen molar-refractivity contribution in [2.24, 2.45) is 11.7 Å². The topological polar surface area (TPSA) is 43.1 Å². The Morgan fingerprint density at radius 3 is 2.38 bits per heavy atom. The maximum absolute atomic E-state index is 11.4. The van der Waals surface area contributed by atoms with Gasteiger partial charge in [-0.05, 0) is 12.8 Å². The third kappa shape index (κ3) is 5.81. The predicted octanol–water partition coefficient (Wildman–Crippen LogP) is 2.51. The Bertz CT molecular complexity index is 143. The molecule has 0 aromatic heterocycles. The molecule has 0 aliphatic heterocycles. The number of Topliss-reactive ketones (excluding diaryl/α,β-unsaturated/α-hetero) is 1. The monoisotopic (exact) mass is 185 g/mol. The molecule has 0 amide bonds. The van der Waals surface area contributed by atoms with E-state index in [2.05, 4.69) is 13.8 Å². The minimum absolute atomic E-state index is 0.211. The molecule has 0 fully saturated rings. The summed E-state index contributed by atoms with van der Waals surface area (Å²) < 4.78 is 0. The van der Waals surface area contributed by atoms with Crippen LogP contribution in [0.15, 0.2) is 0 Å². The average molecular weight is 185 g/mol. The average Bonchev–Trinajstić information content (AvgIpc) is 2.11. The van der Waals surface area contributed by atoms with Crippen LogP contribution >= 0.6 is 0 Å². The maximum Gasteiger partial charge on any atom is 0.149 e. The van der Waals surface area contributed by atoms with Crippen molar-refractivity contribution < 1.29 is 4.79 Å². The molecular weight excluding hydrogens is 162 g/mol. The quantitative estimate of drug-likeness (QED) is 0.662. The Morgan fingerprint density at radius 1 is 1.38 bits per heavy atom. The summed E-state index contributed by atoms with van der Waals surface area (Å²) in [7, 11) is 0. The number of unbranched alkanes of at least 4 members (excludes halogenated alkanes) is 1. The molecule has 0 aromatic rings. The summed E-state index contributed by atoms with van der Waals surface area (Å²) in [4.78, 5) is 11.4. The van der Waals surface area contributed by atoms with Crippen LogP contribution in [0.3, 0.4) is 0 Å². The molecule has 0 saturated carbocycles. The lowest BCUT2D eigenvalue weighted by atomic mass is 9.92. The Kier molecular flexibility index (Phi) is 6.87. The molecule has 0 aromatic carbocycles. The normalized spacial score (nSPS) is 15.4. The minimum Gasteiger partial charge on any atom is -0.322 e. The smallest absolute Gasteiger partial charge is 0.149 e. The molecule has 2 unspecified atom stereocenters. The van der Waals surface area contributed by atoms with E-state index in [1.165, 1.54) is 19.3 Å². The fraction of sp³-hybridized carbons (Fsp3) is 0.909. The highest BCUT2D eigenvalue weighted by Crippen LogP contribution is 2.17. The van der Waals surface area contributed by atoms with E-state index in [0.717, 1.165) is 6.42 Å². The van der Waals surface area contributed by atoms with E-state index in [-0.39, 0.29) is 11.8 Å². The van der Waals surface area contributed by atoms with Gasteiger partial charge >= 0.3 is 0 Å². The zero-order chi connectivity index (χ0) is 10.3. The first kappa shape index (κ1) is 12.6. The molecule has 0 heterocycles. The lowest BCUT2D eigenvalue weighted by Gasteiger charge is -2.14. The predicted molar refractivity (Wildman–Crippen MR) is 56.6 cm³/mol. The summed E-state index contributed by atoms with van der Waals surface area (Å²) >= 11 is 0. The van der Waals surface area contributed by atoms with E-state index < -0.39 is 0 Å². The summed E-state index contributed by atoms with van der Waals surface area (Å²) in [6.07, 6.45) is 5.38. The standard InChI is InChI=1S/C11H23NO/c1-4-6-7-10(5-2)8-11(13)9(3)12/h9-10H,4-8,12H2,1-3H3. The fourth-order valence-corrected chi connectivity index (χ4v) is 1.41. The Labute approximate surface area is 81.9 Å². The van der Waals surface area contributed by atoms with Gasteiger partial charge in [-0.1, -0.05) is 39.5 Å². The molecule has 0 saturated heterocycles. The number of nitrogens with two attached hydrogens (primary N) is 1. The van der Waals surface area contributed by atoms with Crippen molar-refractivity contribution in [3.63, 3.8) is 0 Å². The second-order valence-electron chi connectivity index (χ2n) is 3.88. The molecule has 0 rings (SSSR count). The number of carbonyl (C=O) groups is 1. The van der Waals surface area contributed by atoms with Crippen LogP contribution in [0.2, 0.25) is 0 Å². The van der Waals surface area contributed by atoms with Crippen molar-refractivity contribution >= 4 is 5.78 Å². The van der Waals surface area contributed by atoms with Crippen LogP contribution in [0, 0.1) is 5.92 Å². The molecule has 0 spiro atoms. The van der Waals surface area contributed by atoms with Crippen LogP contribution in [-0.4, -0.2) is 11.8 Å². The van der Waals surface area contributed by atoms with E-state index >= 15 is 0 Å². The SMILES string of the molecule is CCCCC(CC)CC(=O)C(C)N. The van der Waals surface area contributed by atoms with Gasteiger partial charge in [0.25, 0.3) is 0 Å². The van der Waals surface area contributed by atoms with Gasteiger partial charge in [-0.15, -0.1) is 0 Å². The van der Waals surface area contributed by atoms with Crippen molar-refractivity contribution in [1.29, 1.82) is 0 Å². The van der Waals surface area contributed by atoms with Crippen molar-refractivity contribution in [2.45, 2.75) is 58.9 Å². The lowest BCUT2D eigenvalue weighted by molar-refractivity contribution is -0.120. The number of rotatable bonds is 7. The van der Waals surface area contributed by atoms with Gasteiger partial charge in [0.05, 0.1) is 6.04 Å². The first-order valence-corrected chi connectivity index (χ1v) is 5.40. The van der Waals surface area contributed by atoms with E-state index in [9.17, 15) is 4.79 Å². The molecule has 0 bridgehead atoms. The third-order valence-corrected chi connectivity index (χ3v) is 2.54. The van der Waals surface area contributed by atoms with Gasteiger partial charge in [-0.25, -0.2) is 0 Å². The molecule has 2 atom stereocenters. The summed E-state index contributed by atoms with van der Waals surface area (Å²) in [6.45, 7) is 6.10. The number of hydrogen-bond donors (Lipinski definition) is 1. The van der Waals surface area contributed by atoms with Crippen molar-refractivity contribution in [2.75, 3.05) is 0 Å². The summed E-state index contributed by atoms with van der Waals surface area (Å²) in [5, 5.41) is 0. The number of hydrogen-bond acceptors (Lipinski definition) is 2. The van der Waals surface area contributed by atoms with E-state index in [1.54, 1.807) is 6.92 Å². The molecule has 0 aliphatic carbocycles. The van der Waals surface area contributed by atoms with Crippen molar-refractivity contribution in [3.05, 3.63) is 0 Å². The number of carbonyl (C=O) groups excluding carboxylic acids is 1. The second kappa shape index (κ2) is 7.07. The summed E-state index contributed by atoms with van der Waals surface area (Å²) in [5.41, 5.74) is 5.52. The highest BCUT2D eigenvalue weighted by Gasteiger charge is 2.14. The van der Waals surface area contributed by atoms with Crippen molar-refractivity contribution in [3.8, 4) is 0 Å². The van der Waals surface area contributed by atoms with Gasteiger partial charge in [-0.2, -0.15) is 0 Å². The van der Waals surface area contributed by atoms with Gasteiger partial charge < -0.3 is 5.73 Å². The van der Waals surface area contributed by atoms with Crippen LogP contribution in [-0.2, 0) is 4.79 Å². The molecule has 0 radical (unpaired) electrons. The first-order valence-electron chi connectivity index (χ1n) is 5.40. The van der Waals surface area contributed by atoms with E-state index in [4.69, 9.17) is 5.73 Å². The molecule has 0 aliphatic rings. The Morgan fingerprint density at radius 2 is 2.00 bits per heavy atom. The Hall–Kier alpha value is -0.370. The van der Waals surface area contributed by atoms with Crippen molar-refractivity contribution in [1.82, 2.24) is 0 Å². The molecule has 2 heteroatoms. The second-order valence-corrected chi connectivity index (χ2v) is 3.88. The van der Waals surface area contributed by atoms with Gasteiger partial charge in [0.2, 0.25) is 0 Å². The van der Waals surface area contributed by atoms with E-state index in [1.807, 2.05) is 0 Å². The Balaban J connectivity index is 3.76. The molecule has 78 valence electrons. The lowest BCUT2D eigenvalue weighted by Crippen LogP contribution is -2.28. The largest absolute Gasteiger partial charge is 0.322 e. The van der Waals surface area contributed by atoms with Gasteiger partial charge in [-0.3, -0.25) is 4.79 Å². The molecular formula is C11H23NO. The van der Waals surface area contributed by atoms with Crippen LogP contribution < -0.4 is 5.73 Å². The van der Waals surface area contributed by atoms with Gasteiger partial charge in [0.15, 0.2) is 0 Å².